The van der Waals surface area contributed by atoms with E-state index in [-0.39, 0.29) is 17.5 Å². The number of esters is 1. The summed E-state index contributed by atoms with van der Waals surface area (Å²) in [6, 6.07) is 12.4. The van der Waals surface area contributed by atoms with Crippen LogP contribution in [0.4, 0.5) is 8.78 Å². The second-order valence-electron chi connectivity index (χ2n) is 7.18. The van der Waals surface area contributed by atoms with E-state index in [0.717, 1.165) is 15.8 Å². The van der Waals surface area contributed by atoms with Gasteiger partial charge < -0.3 is 18.9 Å². The van der Waals surface area contributed by atoms with Gasteiger partial charge in [-0.1, -0.05) is 23.7 Å². The Morgan fingerprint density at radius 1 is 1.15 bits per heavy atom. The molecule has 0 amide bonds. The van der Waals surface area contributed by atoms with Crippen LogP contribution in [0.15, 0.2) is 42.5 Å². The van der Waals surface area contributed by atoms with Crippen LogP contribution in [0.25, 0.3) is 11.3 Å². The van der Waals surface area contributed by atoms with Gasteiger partial charge in [-0.05, 0) is 49.7 Å². The molecule has 0 bridgehead atoms. The van der Waals surface area contributed by atoms with E-state index in [1.807, 2.05) is 25.1 Å². The van der Waals surface area contributed by atoms with E-state index in [9.17, 15) is 13.6 Å². The van der Waals surface area contributed by atoms with Crippen LogP contribution in [0.3, 0.4) is 0 Å². The quantitative estimate of drug-likeness (QED) is 0.393. The SMILES string of the molecule is COC(=O)C(C)Oc1cc(C)ccc1COc1ccc(-c2nn(C)c(OC(F)F)c2Cl)cc1. The number of hydrogen-bond acceptors (Lipinski definition) is 6. The number of halogens is 3. The number of methoxy groups -OCH3 is 1. The van der Waals surface area contributed by atoms with Crippen LogP contribution in [0.2, 0.25) is 5.02 Å². The van der Waals surface area contributed by atoms with Crippen LogP contribution in [-0.2, 0) is 23.2 Å². The van der Waals surface area contributed by atoms with E-state index in [1.165, 1.54) is 14.2 Å². The number of nitrogens with zero attached hydrogens (tertiary/aromatic N) is 2. The maximum Gasteiger partial charge on any atom is 0.388 e. The van der Waals surface area contributed by atoms with Gasteiger partial charge in [-0.2, -0.15) is 13.9 Å². The standard InChI is InChI=1S/C23H23ClF2N2O5/c1-13-5-6-16(18(11-13)32-14(2)22(29)30-4)12-31-17-9-7-15(8-10-17)20-19(24)21(28(3)27-20)33-23(25)26/h5-11,14,23H,12H2,1-4H3. The van der Waals surface area contributed by atoms with Crippen LogP contribution in [-0.4, -0.2) is 35.6 Å². The second-order valence-corrected chi connectivity index (χ2v) is 7.56. The third-order valence-electron chi connectivity index (χ3n) is 4.72. The summed E-state index contributed by atoms with van der Waals surface area (Å²) in [4.78, 5) is 11.7. The minimum atomic E-state index is -3.01. The molecular formula is C23H23ClF2N2O5. The monoisotopic (exact) mass is 480 g/mol. The van der Waals surface area contributed by atoms with Gasteiger partial charge in [-0.3, -0.25) is 0 Å². The molecule has 0 spiro atoms. The van der Waals surface area contributed by atoms with E-state index < -0.39 is 18.7 Å². The Bertz CT molecular complexity index is 1120. The van der Waals surface area contributed by atoms with Gasteiger partial charge in [0.2, 0.25) is 5.88 Å². The number of hydrogen-bond donors (Lipinski definition) is 0. The topological polar surface area (TPSA) is 71.8 Å². The Balaban J connectivity index is 1.73. The molecule has 1 atom stereocenters. The maximum absolute atomic E-state index is 12.6. The maximum atomic E-state index is 12.6. The molecule has 1 aromatic heterocycles. The molecule has 2 aromatic carbocycles. The molecule has 33 heavy (non-hydrogen) atoms. The van der Waals surface area contributed by atoms with Crippen molar-refractivity contribution in [3.63, 3.8) is 0 Å². The normalized spacial score (nSPS) is 11.9. The largest absolute Gasteiger partial charge is 0.489 e. The molecule has 0 aliphatic heterocycles. The lowest BCUT2D eigenvalue weighted by atomic mass is 10.1. The van der Waals surface area contributed by atoms with Gasteiger partial charge >= 0.3 is 12.6 Å². The van der Waals surface area contributed by atoms with Gasteiger partial charge in [0.15, 0.2) is 6.10 Å². The van der Waals surface area contributed by atoms with Gasteiger partial charge in [0.1, 0.15) is 28.8 Å². The highest BCUT2D eigenvalue weighted by molar-refractivity contribution is 6.34. The first-order chi connectivity index (χ1) is 15.7. The van der Waals surface area contributed by atoms with Crippen molar-refractivity contribution in [2.75, 3.05) is 7.11 Å². The van der Waals surface area contributed by atoms with Crippen molar-refractivity contribution < 1.29 is 32.5 Å². The van der Waals surface area contributed by atoms with Crippen LogP contribution >= 0.6 is 11.6 Å². The van der Waals surface area contributed by atoms with Crippen molar-refractivity contribution in [2.24, 2.45) is 7.05 Å². The van der Waals surface area contributed by atoms with Gasteiger partial charge in [0, 0.05) is 18.2 Å². The highest BCUT2D eigenvalue weighted by Gasteiger charge is 2.20. The summed E-state index contributed by atoms with van der Waals surface area (Å²) in [5.74, 6) is 0.392. The van der Waals surface area contributed by atoms with E-state index in [1.54, 1.807) is 31.2 Å². The highest BCUT2D eigenvalue weighted by atomic mass is 35.5. The van der Waals surface area contributed by atoms with Crippen molar-refractivity contribution in [3.05, 3.63) is 58.6 Å². The van der Waals surface area contributed by atoms with E-state index in [0.29, 0.717) is 22.8 Å². The van der Waals surface area contributed by atoms with Gasteiger partial charge in [-0.15, -0.1) is 0 Å². The summed E-state index contributed by atoms with van der Waals surface area (Å²) in [5, 5.41) is 4.15. The Morgan fingerprint density at radius 2 is 1.85 bits per heavy atom. The predicted molar refractivity (Wildman–Crippen MR) is 118 cm³/mol. The minimum Gasteiger partial charge on any atom is -0.489 e. The summed E-state index contributed by atoms with van der Waals surface area (Å²) in [6.45, 7) is 0.713. The minimum absolute atomic E-state index is 0.00681. The highest BCUT2D eigenvalue weighted by Crippen LogP contribution is 2.36. The Kier molecular flexibility index (Phi) is 7.75. The fourth-order valence-corrected chi connectivity index (χ4v) is 3.36. The summed E-state index contributed by atoms with van der Waals surface area (Å²) < 4.78 is 47.1. The van der Waals surface area contributed by atoms with Gasteiger partial charge in [0.05, 0.1) is 7.11 Å². The molecule has 3 rings (SSSR count). The molecule has 0 fully saturated rings. The summed E-state index contributed by atoms with van der Waals surface area (Å²) >= 11 is 6.17. The molecule has 0 saturated heterocycles. The zero-order chi connectivity index (χ0) is 24.1. The number of rotatable bonds is 9. The number of aromatic nitrogens is 2. The number of aryl methyl sites for hydroxylation is 2. The Labute approximate surface area is 194 Å². The van der Waals surface area contributed by atoms with Gasteiger partial charge in [0.25, 0.3) is 0 Å². The molecule has 3 aromatic rings. The molecule has 0 radical (unpaired) electrons. The fourth-order valence-electron chi connectivity index (χ4n) is 3.04. The first kappa shape index (κ1) is 24.3. The zero-order valence-electron chi connectivity index (χ0n) is 18.5. The molecule has 0 aliphatic carbocycles. The average molecular weight is 481 g/mol. The lowest BCUT2D eigenvalue weighted by Gasteiger charge is -2.17. The lowest BCUT2D eigenvalue weighted by Crippen LogP contribution is -2.25. The van der Waals surface area contributed by atoms with Crippen molar-refractivity contribution in [1.82, 2.24) is 9.78 Å². The summed E-state index contributed by atoms with van der Waals surface area (Å²) in [7, 11) is 2.77. The molecule has 7 nitrogen and oxygen atoms in total. The number of carbonyl (C=O) groups excluding carboxylic acids is 1. The number of alkyl halides is 2. The molecule has 176 valence electrons. The molecule has 1 heterocycles. The first-order valence-corrected chi connectivity index (χ1v) is 10.3. The Hall–Kier alpha value is -3.33. The zero-order valence-corrected chi connectivity index (χ0v) is 19.2. The van der Waals surface area contributed by atoms with Crippen LogP contribution in [0, 0.1) is 6.92 Å². The number of benzene rings is 2. The van der Waals surface area contributed by atoms with E-state index in [4.69, 9.17) is 25.8 Å². The van der Waals surface area contributed by atoms with Crippen LogP contribution in [0.1, 0.15) is 18.1 Å². The van der Waals surface area contributed by atoms with Crippen molar-refractivity contribution >= 4 is 17.6 Å². The molecule has 1 unspecified atom stereocenters. The van der Waals surface area contributed by atoms with E-state index in [2.05, 4.69) is 9.84 Å². The number of carbonyl (C=O) groups is 1. The van der Waals surface area contributed by atoms with E-state index >= 15 is 0 Å². The first-order valence-electron chi connectivity index (χ1n) is 9.94. The third kappa shape index (κ3) is 5.92. The number of ether oxygens (including phenoxy) is 4. The molecule has 0 saturated carbocycles. The summed E-state index contributed by atoms with van der Waals surface area (Å²) in [5.41, 5.74) is 2.64. The third-order valence-corrected chi connectivity index (χ3v) is 5.06. The molecular weight excluding hydrogens is 458 g/mol. The molecule has 0 N–H and O–H groups in total. The van der Waals surface area contributed by atoms with Crippen molar-refractivity contribution in [2.45, 2.75) is 33.2 Å². The summed E-state index contributed by atoms with van der Waals surface area (Å²) in [6.07, 6.45) is -0.767. The molecule has 0 aliphatic rings. The van der Waals surface area contributed by atoms with Crippen molar-refractivity contribution in [1.29, 1.82) is 0 Å². The predicted octanol–water partition coefficient (Wildman–Crippen LogP) is 5.17. The average Bonchev–Trinajstić information content (AvgIpc) is 3.06. The smallest absolute Gasteiger partial charge is 0.388 e. The lowest BCUT2D eigenvalue weighted by molar-refractivity contribution is -0.147. The van der Waals surface area contributed by atoms with Crippen molar-refractivity contribution in [3.8, 4) is 28.6 Å². The fraction of sp³-hybridized carbons (Fsp3) is 0.304. The second kappa shape index (κ2) is 10.5. The van der Waals surface area contributed by atoms with Crippen LogP contribution < -0.4 is 14.2 Å². The molecule has 10 heteroatoms. The Morgan fingerprint density at radius 3 is 2.48 bits per heavy atom. The van der Waals surface area contributed by atoms with Gasteiger partial charge in [-0.25, -0.2) is 9.48 Å². The van der Waals surface area contributed by atoms with Crippen LogP contribution in [0.5, 0.6) is 17.4 Å².